The third kappa shape index (κ3) is 4.14. The molecule has 3 rings (SSSR count). The fourth-order valence-electron chi connectivity index (χ4n) is 3.34. The molecule has 1 aliphatic heterocycles. The first-order chi connectivity index (χ1) is 12.6. The zero-order valence-electron chi connectivity index (χ0n) is 15.1. The molecule has 0 spiro atoms. The van der Waals surface area contributed by atoms with E-state index in [1.54, 1.807) is 0 Å². The Morgan fingerprint density at radius 2 is 2.19 bits per heavy atom. The first-order valence-corrected chi connectivity index (χ1v) is 8.92. The molecule has 1 aliphatic rings. The van der Waals surface area contributed by atoms with Crippen LogP contribution in [0.5, 0.6) is 0 Å². The van der Waals surface area contributed by atoms with Gasteiger partial charge in [-0.15, -0.1) is 0 Å². The lowest BCUT2D eigenvalue weighted by Crippen LogP contribution is -2.43. The van der Waals surface area contributed by atoms with Crippen molar-refractivity contribution in [2.24, 2.45) is 0 Å². The predicted octanol–water partition coefficient (Wildman–Crippen LogP) is 1.87. The molecular formula is C20H25N3O3. The van der Waals surface area contributed by atoms with Crippen LogP contribution in [0.15, 0.2) is 43.1 Å². The molecule has 0 bridgehead atoms. The fraction of sp³-hybridized carbons (Fsp3) is 0.400. The van der Waals surface area contributed by atoms with Crippen molar-refractivity contribution in [1.82, 2.24) is 14.8 Å². The third-order valence-electron chi connectivity index (χ3n) is 4.69. The van der Waals surface area contributed by atoms with Gasteiger partial charge in [-0.05, 0) is 31.1 Å². The number of amides is 2. The van der Waals surface area contributed by atoms with Crippen LogP contribution in [0, 0.1) is 6.92 Å². The van der Waals surface area contributed by atoms with Crippen LogP contribution < -0.4 is 5.32 Å². The van der Waals surface area contributed by atoms with Crippen molar-refractivity contribution in [3.8, 4) is 0 Å². The van der Waals surface area contributed by atoms with Crippen molar-refractivity contribution >= 4 is 22.7 Å². The monoisotopic (exact) mass is 355 g/mol. The summed E-state index contributed by atoms with van der Waals surface area (Å²) in [6.07, 6.45) is 3.86. The van der Waals surface area contributed by atoms with Gasteiger partial charge in [-0.3, -0.25) is 9.59 Å². The van der Waals surface area contributed by atoms with E-state index in [1.807, 2.05) is 33.9 Å². The van der Waals surface area contributed by atoms with Crippen molar-refractivity contribution < 1.29 is 14.3 Å². The Bertz CT molecular complexity index is 812. The lowest BCUT2D eigenvalue weighted by molar-refractivity contribution is -0.132. The maximum Gasteiger partial charge on any atom is 0.243 e. The van der Waals surface area contributed by atoms with E-state index in [0.29, 0.717) is 32.8 Å². The number of carbonyl (C=O) groups excluding carboxylic acids is 2. The number of benzene rings is 1. The molecule has 0 saturated carbocycles. The van der Waals surface area contributed by atoms with Gasteiger partial charge in [0.15, 0.2) is 0 Å². The molecule has 6 heteroatoms. The van der Waals surface area contributed by atoms with E-state index in [2.05, 4.69) is 24.9 Å². The smallest absolute Gasteiger partial charge is 0.243 e. The minimum atomic E-state index is -0.231. The van der Waals surface area contributed by atoms with Crippen LogP contribution >= 0.6 is 0 Å². The molecule has 1 N–H and O–H groups in total. The second-order valence-corrected chi connectivity index (χ2v) is 6.59. The molecule has 2 aromatic rings. The molecule has 2 amide bonds. The molecule has 1 unspecified atom stereocenters. The molecule has 1 aromatic heterocycles. The Morgan fingerprint density at radius 3 is 3.00 bits per heavy atom. The van der Waals surface area contributed by atoms with Crippen LogP contribution in [0.2, 0.25) is 0 Å². The lowest BCUT2D eigenvalue weighted by atomic mass is 10.2. The van der Waals surface area contributed by atoms with E-state index < -0.39 is 0 Å². The number of hydrogen-bond donors (Lipinski definition) is 1. The van der Waals surface area contributed by atoms with Gasteiger partial charge in [-0.1, -0.05) is 24.8 Å². The van der Waals surface area contributed by atoms with Gasteiger partial charge in [0.1, 0.15) is 6.54 Å². The Labute approximate surface area is 153 Å². The normalized spacial score (nSPS) is 17.7. The predicted molar refractivity (Wildman–Crippen MR) is 101 cm³/mol. The zero-order valence-corrected chi connectivity index (χ0v) is 15.1. The first-order valence-electron chi connectivity index (χ1n) is 8.92. The maximum absolute atomic E-state index is 12.9. The Hall–Kier alpha value is -2.60. The van der Waals surface area contributed by atoms with Crippen LogP contribution in [0.3, 0.4) is 0 Å². The molecule has 2 heterocycles. The summed E-state index contributed by atoms with van der Waals surface area (Å²) < 4.78 is 7.76. The van der Waals surface area contributed by atoms with Gasteiger partial charge >= 0.3 is 0 Å². The highest BCUT2D eigenvalue weighted by atomic mass is 16.5. The highest BCUT2D eigenvalue weighted by Crippen LogP contribution is 2.20. The van der Waals surface area contributed by atoms with Crippen molar-refractivity contribution in [2.75, 3.05) is 26.2 Å². The van der Waals surface area contributed by atoms with E-state index in [0.717, 1.165) is 17.5 Å². The Morgan fingerprint density at radius 1 is 1.38 bits per heavy atom. The molecule has 26 heavy (non-hydrogen) atoms. The number of fused-ring (bicyclic) bond motifs is 1. The minimum Gasteiger partial charge on any atom is -0.374 e. The number of rotatable bonds is 5. The van der Waals surface area contributed by atoms with Gasteiger partial charge in [-0.2, -0.15) is 0 Å². The molecular weight excluding hydrogens is 330 g/mol. The van der Waals surface area contributed by atoms with Gasteiger partial charge in [0.25, 0.3) is 0 Å². The van der Waals surface area contributed by atoms with Gasteiger partial charge in [-0.25, -0.2) is 0 Å². The van der Waals surface area contributed by atoms with Crippen LogP contribution in [0.1, 0.15) is 12.0 Å². The average Bonchev–Trinajstić information content (AvgIpc) is 2.83. The Balaban J connectivity index is 1.67. The van der Waals surface area contributed by atoms with Crippen molar-refractivity contribution in [3.05, 3.63) is 48.7 Å². The summed E-state index contributed by atoms with van der Waals surface area (Å²) in [6, 6.07) is 8.11. The van der Waals surface area contributed by atoms with Crippen LogP contribution in [0.4, 0.5) is 0 Å². The largest absolute Gasteiger partial charge is 0.374 e. The average molecular weight is 355 g/mol. The molecule has 1 aromatic carbocycles. The van der Waals surface area contributed by atoms with E-state index in [1.165, 1.54) is 11.5 Å². The van der Waals surface area contributed by atoms with Crippen molar-refractivity contribution in [2.45, 2.75) is 26.0 Å². The quantitative estimate of drug-likeness (QED) is 0.833. The summed E-state index contributed by atoms with van der Waals surface area (Å²) in [4.78, 5) is 26.0. The van der Waals surface area contributed by atoms with Crippen LogP contribution in [-0.2, 0) is 20.9 Å². The molecule has 1 fully saturated rings. The van der Waals surface area contributed by atoms with E-state index in [9.17, 15) is 9.59 Å². The number of aromatic nitrogens is 1. The molecule has 0 aliphatic carbocycles. The van der Waals surface area contributed by atoms with E-state index in [4.69, 9.17) is 4.74 Å². The standard InChI is InChI=1S/C20H25N3O3/c1-3-19(24)21-11-16-13-22(9-6-10-26-16)20(25)14-23-12-15(2)17-7-4-5-8-18(17)23/h3-5,7-8,12,16H,1,6,9-11,13-14H2,2H3,(H,21,24). The first kappa shape index (κ1) is 18.2. The Kier molecular flexibility index (Phi) is 5.73. The van der Waals surface area contributed by atoms with Crippen molar-refractivity contribution in [1.29, 1.82) is 0 Å². The number of nitrogens with one attached hydrogen (secondary N) is 1. The zero-order chi connectivity index (χ0) is 18.5. The van der Waals surface area contributed by atoms with E-state index >= 15 is 0 Å². The summed E-state index contributed by atoms with van der Waals surface area (Å²) >= 11 is 0. The van der Waals surface area contributed by atoms with Crippen molar-refractivity contribution in [3.63, 3.8) is 0 Å². The number of aryl methyl sites for hydroxylation is 1. The maximum atomic E-state index is 12.9. The SMILES string of the molecule is C=CC(=O)NCC1CN(C(=O)Cn2cc(C)c3ccccc32)CCCO1. The summed E-state index contributed by atoms with van der Waals surface area (Å²) in [5.41, 5.74) is 2.23. The summed E-state index contributed by atoms with van der Waals surface area (Å²) in [5, 5.41) is 3.91. The number of carbonyl (C=O) groups is 2. The molecule has 138 valence electrons. The van der Waals surface area contributed by atoms with Gasteiger partial charge < -0.3 is 19.5 Å². The topological polar surface area (TPSA) is 63.6 Å². The fourth-order valence-corrected chi connectivity index (χ4v) is 3.34. The second kappa shape index (κ2) is 8.19. The van der Waals surface area contributed by atoms with Crippen LogP contribution in [-0.4, -0.2) is 53.6 Å². The summed E-state index contributed by atoms with van der Waals surface area (Å²) in [5.74, 6) is -0.165. The highest BCUT2D eigenvalue weighted by molar-refractivity contribution is 5.87. The number of para-hydroxylation sites is 1. The number of ether oxygens (including phenoxy) is 1. The molecule has 6 nitrogen and oxygen atoms in total. The van der Waals surface area contributed by atoms with Crippen LogP contribution in [0.25, 0.3) is 10.9 Å². The third-order valence-corrected chi connectivity index (χ3v) is 4.69. The van der Waals surface area contributed by atoms with Gasteiger partial charge in [0, 0.05) is 43.3 Å². The number of hydrogen-bond acceptors (Lipinski definition) is 3. The minimum absolute atomic E-state index is 0.0660. The molecule has 1 saturated heterocycles. The van der Waals surface area contributed by atoms with Gasteiger partial charge in [0.2, 0.25) is 11.8 Å². The molecule has 1 atom stereocenters. The second-order valence-electron chi connectivity index (χ2n) is 6.59. The summed E-state index contributed by atoms with van der Waals surface area (Å²) in [6.45, 7) is 7.91. The number of nitrogens with zero attached hydrogens (tertiary/aromatic N) is 2. The van der Waals surface area contributed by atoms with Gasteiger partial charge in [0.05, 0.1) is 6.10 Å². The lowest BCUT2D eigenvalue weighted by Gasteiger charge is -2.24. The summed E-state index contributed by atoms with van der Waals surface area (Å²) in [7, 11) is 0. The van der Waals surface area contributed by atoms with E-state index in [-0.39, 0.29) is 17.9 Å². The molecule has 0 radical (unpaired) electrons. The highest BCUT2D eigenvalue weighted by Gasteiger charge is 2.23.